The molecule has 0 radical (unpaired) electrons. The van der Waals surface area contributed by atoms with Crippen molar-refractivity contribution in [3.8, 4) is 0 Å². The van der Waals surface area contributed by atoms with Gasteiger partial charge in [0, 0.05) is 3.57 Å². The molecule has 19 heavy (non-hydrogen) atoms. The Labute approximate surface area is 120 Å². The molecular formula is C13H7F3INO. The van der Waals surface area contributed by atoms with Crippen molar-refractivity contribution in [1.82, 2.24) is 0 Å². The van der Waals surface area contributed by atoms with E-state index in [1.165, 1.54) is 18.2 Å². The minimum Gasteiger partial charge on any atom is -0.350 e. The summed E-state index contributed by atoms with van der Waals surface area (Å²) in [7, 11) is 0. The molecule has 1 N–H and O–H groups in total. The Bertz CT molecular complexity index is 646. The van der Waals surface area contributed by atoms with Gasteiger partial charge in [-0.15, -0.1) is 0 Å². The van der Waals surface area contributed by atoms with Crippen LogP contribution in [0.15, 0.2) is 36.4 Å². The summed E-state index contributed by atoms with van der Waals surface area (Å²) in [5.74, 6) is -1.45. The van der Waals surface area contributed by atoms with Gasteiger partial charge in [-0.3, -0.25) is 4.79 Å². The van der Waals surface area contributed by atoms with E-state index in [1.807, 2.05) is 22.6 Å². The number of nitrogens with one attached hydrogen (secondary N) is 1. The molecule has 0 unspecified atom stereocenters. The third-order valence-electron chi connectivity index (χ3n) is 2.42. The lowest BCUT2D eigenvalue weighted by Gasteiger charge is -2.11. The van der Waals surface area contributed by atoms with E-state index in [0.717, 1.165) is 12.1 Å². The van der Waals surface area contributed by atoms with Gasteiger partial charge in [0.05, 0.1) is 16.9 Å². The predicted molar refractivity (Wildman–Crippen MR) is 74.2 cm³/mol. The van der Waals surface area contributed by atoms with Gasteiger partial charge in [0.25, 0.3) is 0 Å². The lowest BCUT2D eigenvalue weighted by Crippen LogP contribution is -2.03. The number of hydrogen-bond donors (Lipinski definition) is 1. The van der Waals surface area contributed by atoms with Crippen LogP contribution in [0.25, 0.3) is 0 Å². The van der Waals surface area contributed by atoms with Gasteiger partial charge in [0.15, 0.2) is 0 Å². The summed E-state index contributed by atoms with van der Waals surface area (Å²) in [4.78, 5) is 10.8. The van der Waals surface area contributed by atoms with E-state index < -0.39 is 23.2 Å². The Hall–Kier alpha value is -1.57. The van der Waals surface area contributed by atoms with Crippen LogP contribution in [0.3, 0.4) is 0 Å². The predicted octanol–water partition coefficient (Wildman–Crippen LogP) is 4.42. The van der Waals surface area contributed by atoms with Crippen molar-refractivity contribution in [2.75, 3.05) is 5.32 Å². The third kappa shape index (κ3) is 3.06. The topological polar surface area (TPSA) is 29.1 Å². The molecule has 0 heterocycles. The van der Waals surface area contributed by atoms with Crippen molar-refractivity contribution in [3.05, 3.63) is 57.2 Å². The molecule has 0 amide bonds. The van der Waals surface area contributed by atoms with E-state index in [-0.39, 0.29) is 11.4 Å². The number of anilines is 2. The number of benzene rings is 2. The molecule has 0 saturated carbocycles. The first-order chi connectivity index (χ1) is 8.99. The van der Waals surface area contributed by atoms with E-state index in [4.69, 9.17) is 0 Å². The molecule has 2 nitrogen and oxygen atoms in total. The molecule has 2 rings (SSSR count). The van der Waals surface area contributed by atoms with Gasteiger partial charge < -0.3 is 5.32 Å². The first-order valence-corrected chi connectivity index (χ1v) is 6.27. The van der Waals surface area contributed by atoms with Crippen molar-refractivity contribution < 1.29 is 18.0 Å². The number of para-hydroxylation sites is 1. The highest BCUT2D eigenvalue weighted by Gasteiger charge is 2.16. The zero-order valence-corrected chi connectivity index (χ0v) is 11.5. The van der Waals surface area contributed by atoms with Gasteiger partial charge in [-0.1, -0.05) is 6.07 Å². The molecule has 0 fully saturated rings. The Morgan fingerprint density at radius 1 is 1.11 bits per heavy atom. The summed E-state index contributed by atoms with van der Waals surface area (Å²) in [6.45, 7) is 0. The SMILES string of the molecule is O=C(F)c1cccc(F)c1Nc1ccc(I)cc1F. The molecule has 0 atom stereocenters. The monoisotopic (exact) mass is 377 g/mol. The average molecular weight is 377 g/mol. The van der Waals surface area contributed by atoms with Gasteiger partial charge in [0.2, 0.25) is 0 Å². The van der Waals surface area contributed by atoms with E-state index >= 15 is 0 Å². The largest absolute Gasteiger partial charge is 0.350 e. The zero-order chi connectivity index (χ0) is 14.0. The number of hydrogen-bond acceptors (Lipinski definition) is 2. The maximum Gasteiger partial charge on any atom is 0.334 e. The highest BCUT2D eigenvalue weighted by atomic mass is 127. The molecule has 0 spiro atoms. The fourth-order valence-electron chi connectivity index (χ4n) is 1.54. The summed E-state index contributed by atoms with van der Waals surface area (Å²) in [6.07, 6.45) is 0. The molecule has 6 heteroatoms. The van der Waals surface area contributed by atoms with Crippen LogP contribution in [-0.4, -0.2) is 6.04 Å². The zero-order valence-electron chi connectivity index (χ0n) is 9.38. The molecule has 0 aliphatic heterocycles. The lowest BCUT2D eigenvalue weighted by molar-refractivity contribution is 0.0836. The van der Waals surface area contributed by atoms with Crippen LogP contribution in [0.5, 0.6) is 0 Å². The molecule has 0 saturated heterocycles. The van der Waals surface area contributed by atoms with Crippen molar-refractivity contribution in [1.29, 1.82) is 0 Å². The minimum atomic E-state index is -1.78. The van der Waals surface area contributed by atoms with Crippen molar-refractivity contribution in [2.45, 2.75) is 0 Å². The minimum absolute atomic E-state index is 0.0342. The van der Waals surface area contributed by atoms with E-state index in [9.17, 15) is 18.0 Å². The van der Waals surface area contributed by atoms with E-state index in [0.29, 0.717) is 3.57 Å². The second-order valence-electron chi connectivity index (χ2n) is 3.69. The fraction of sp³-hybridized carbons (Fsp3) is 0. The van der Waals surface area contributed by atoms with Gasteiger partial charge in [-0.05, 0) is 52.9 Å². The van der Waals surface area contributed by atoms with Gasteiger partial charge in [-0.25, -0.2) is 8.78 Å². The highest BCUT2D eigenvalue weighted by molar-refractivity contribution is 14.1. The maximum absolute atomic E-state index is 13.6. The van der Waals surface area contributed by atoms with E-state index in [1.54, 1.807) is 6.07 Å². The van der Waals surface area contributed by atoms with Crippen LogP contribution in [0.4, 0.5) is 24.5 Å². The van der Waals surface area contributed by atoms with Crippen molar-refractivity contribution in [3.63, 3.8) is 0 Å². The number of rotatable bonds is 3. The maximum atomic E-state index is 13.6. The highest BCUT2D eigenvalue weighted by Crippen LogP contribution is 2.27. The number of carbonyl (C=O) groups is 1. The normalized spacial score (nSPS) is 10.3. The first-order valence-electron chi connectivity index (χ1n) is 5.19. The Morgan fingerprint density at radius 3 is 2.47 bits per heavy atom. The molecule has 0 aromatic heterocycles. The summed E-state index contributed by atoms with van der Waals surface area (Å²) in [5, 5.41) is 2.40. The van der Waals surface area contributed by atoms with Crippen molar-refractivity contribution >= 4 is 40.0 Å². The number of halogens is 4. The Balaban J connectivity index is 2.46. The smallest absolute Gasteiger partial charge is 0.334 e. The van der Waals surface area contributed by atoms with Crippen LogP contribution in [0.2, 0.25) is 0 Å². The summed E-state index contributed by atoms with van der Waals surface area (Å²) in [5.41, 5.74) is -0.888. The quantitative estimate of drug-likeness (QED) is 0.634. The summed E-state index contributed by atoms with van der Waals surface area (Å²) < 4.78 is 40.7. The first kappa shape index (κ1) is 13.9. The fourth-order valence-corrected chi connectivity index (χ4v) is 1.99. The van der Waals surface area contributed by atoms with Crippen LogP contribution in [0, 0.1) is 15.2 Å². The molecule has 98 valence electrons. The van der Waals surface area contributed by atoms with Gasteiger partial charge >= 0.3 is 6.04 Å². The van der Waals surface area contributed by atoms with Crippen LogP contribution < -0.4 is 5.32 Å². The third-order valence-corrected chi connectivity index (χ3v) is 3.09. The average Bonchev–Trinajstić information content (AvgIpc) is 2.34. The van der Waals surface area contributed by atoms with Crippen molar-refractivity contribution in [2.24, 2.45) is 0 Å². The van der Waals surface area contributed by atoms with E-state index in [2.05, 4.69) is 5.32 Å². The molecule has 2 aromatic rings. The molecule has 2 aromatic carbocycles. The number of carbonyl (C=O) groups excluding carboxylic acids is 1. The molecular weight excluding hydrogens is 370 g/mol. The second kappa shape index (κ2) is 5.60. The van der Waals surface area contributed by atoms with Crippen LogP contribution >= 0.6 is 22.6 Å². The Kier molecular flexibility index (Phi) is 4.08. The molecule has 0 aliphatic rings. The molecule has 0 aliphatic carbocycles. The summed E-state index contributed by atoms with van der Waals surface area (Å²) >= 11 is 1.92. The van der Waals surface area contributed by atoms with Gasteiger partial charge in [-0.2, -0.15) is 4.39 Å². The Morgan fingerprint density at radius 2 is 1.84 bits per heavy atom. The molecule has 0 bridgehead atoms. The standard InChI is InChI=1S/C13H7F3INO/c14-9-3-1-2-8(13(16)19)12(9)18-11-5-4-7(17)6-10(11)15/h1-6,18H. The van der Waals surface area contributed by atoms with Crippen LogP contribution in [-0.2, 0) is 0 Å². The summed E-state index contributed by atoms with van der Waals surface area (Å²) in [6, 6.07) is 5.82. The lowest BCUT2D eigenvalue weighted by atomic mass is 10.1. The second-order valence-corrected chi connectivity index (χ2v) is 4.93. The van der Waals surface area contributed by atoms with Crippen LogP contribution in [0.1, 0.15) is 10.4 Å². The van der Waals surface area contributed by atoms with Gasteiger partial charge in [0.1, 0.15) is 11.6 Å².